The maximum Gasteiger partial charge on any atom is 0.573 e. The average Bonchev–Trinajstić information content (AvgIpc) is 2.37. The summed E-state index contributed by atoms with van der Waals surface area (Å²) < 4.78 is 39.9. The topological polar surface area (TPSA) is 59.4 Å². The van der Waals surface area contributed by atoms with E-state index < -0.39 is 12.3 Å². The number of hydrogen-bond donors (Lipinski definition) is 1. The normalized spacial score (nSPS) is 11.2. The second-order valence-corrected chi connectivity index (χ2v) is 4.18. The predicted octanol–water partition coefficient (Wildman–Crippen LogP) is 3.27. The van der Waals surface area contributed by atoms with E-state index in [0.29, 0.717) is 16.8 Å². The SMILES string of the molecule is O=C(O)Cc1cc(-c2ccc(OC(F)(F)F)cc2)ccn1. The molecule has 0 radical (unpaired) electrons. The quantitative estimate of drug-likeness (QED) is 0.941. The van der Waals surface area contributed by atoms with Crippen LogP contribution in [0.3, 0.4) is 0 Å². The van der Waals surface area contributed by atoms with Gasteiger partial charge in [-0.25, -0.2) is 0 Å². The molecule has 0 saturated carbocycles. The number of halogens is 3. The van der Waals surface area contributed by atoms with E-state index in [9.17, 15) is 18.0 Å². The number of rotatable bonds is 4. The first-order chi connectivity index (χ1) is 9.83. The number of carboxylic acid groups (broad SMARTS) is 1. The van der Waals surface area contributed by atoms with Gasteiger partial charge in [0.1, 0.15) is 5.75 Å². The third-order valence-electron chi connectivity index (χ3n) is 2.57. The lowest BCUT2D eigenvalue weighted by molar-refractivity contribution is -0.274. The van der Waals surface area contributed by atoms with E-state index in [1.54, 1.807) is 12.1 Å². The van der Waals surface area contributed by atoms with Crippen molar-refractivity contribution in [3.8, 4) is 16.9 Å². The molecule has 0 saturated heterocycles. The van der Waals surface area contributed by atoms with Crippen molar-refractivity contribution in [3.63, 3.8) is 0 Å². The van der Waals surface area contributed by atoms with E-state index in [2.05, 4.69) is 9.72 Å². The molecule has 110 valence electrons. The number of ether oxygens (including phenoxy) is 1. The van der Waals surface area contributed by atoms with Crippen molar-refractivity contribution >= 4 is 5.97 Å². The Morgan fingerprint density at radius 3 is 2.38 bits per heavy atom. The minimum absolute atomic E-state index is 0.219. The largest absolute Gasteiger partial charge is 0.573 e. The number of aromatic nitrogens is 1. The zero-order valence-corrected chi connectivity index (χ0v) is 10.6. The van der Waals surface area contributed by atoms with Gasteiger partial charge in [-0.2, -0.15) is 0 Å². The molecule has 0 aliphatic carbocycles. The Kier molecular flexibility index (Phi) is 4.11. The third kappa shape index (κ3) is 4.48. The molecular formula is C14H10F3NO3. The molecule has 4 nitrogen and oxygen atoms in total. The lowest BCUT2D eigenvalue weighted by Gasteiger charge is -2.09. The van der Waals surface area contributed by atoms with Crippen molar-refractivity contribution in [1.29, 1.82) is 0 Å². The Morgan fingerprint density at radius 1 is 1.14 bits per heavy atom. The first-order valence-corrected chi connectivity index (χ1v) is 5.86. The number of nitrogens with zero attached hydrogens (tertiary/aromatic N) is 1. The summed E-state index contributed by atoms with van der Waals surface area (Å²) in [6, 6.07) is 8.53. The molecule has 0 spiro atoms. The van der Waals surface area contributed by atoms with Gasteiger partial charge < -0.3 is 9.84 Å². The maximum atomic E-state index is 12.1. The second kappa shape index (κ2) is 5.82. The summed E-state index contributed by atoms with van der Waals surface area (Å²) in [6.45, 7) is 0. The summed E-state index contributed by atoms with van der Waals surface area (Å²) in [5, 5.41) is 8.71. The van der Waals surface area contributed by atoms with Crippen molar-refractivity contribution in [2.45, 2.75) is 12.8 Å². The molecule has 0 amide bonds. The first-order valence-electron chi connectivity index (χ1n) is 5.86. The molecule has 7 heteroatoms. The summed E-state index contributed by atoms with van der Waals surface area (Å²) in [7, 11) is 0. The molecule has 2 rings (SSSR count). The van der Waals surface area contributed by atoms with Gasteiger partial charge in [0, 0.05) is 6.20 Å². The van der Waals surface area contributed by atoms with Crippen LogP contribution >= 0.6 is 0 Å². The minimum atomic E-state index is -4.73. The molecule has 0 bridgehead atoms. The van der Waals surface area contributed by atoms with Crippen LogP contribution in [-0.4, -0.2) is 22.4 Å². The third-order valence-corrected chi connectivity index (χ3v) is 2.57. The molecule has 21 heavy (non-hydrogen) atoms. The Balaban J connectivity index is 2.20. The van der Waals surface area contributed by atoms with Gasteiger partial charge >= 0.3 is 12.3 Å². The lowest BCUT2D eigenvalue weighted by Crippen LogP contribution is -2.16. The standard InChI is InChI=1S/C14H10F3NO3/c15-14(16,17)21-12-3-1-9(2-4-12)10-5-6-18-11(7-10)8-13(19)20/h1-7H,8H2,(H,19,20). The van der Waals surface area contributed by atoms with Crippen LogP contribution in [0.4, 0.5) is 13.2 Å². The van der Waals surface area contributed by atoms with Crippen LogP contribution in [0.15, 0.2) is 42.6 Å². The Morgan fingerprint density at radius 2 is 1.81 bits per heavy atom. The highest BCUT2D eigenvalue weighted by molar-refractivity contribution is 5.71. The highest BCUT2D eigenvalue weighted by atomic mass is 19.4. The highest BCUT2D eigenvalue weighted by Crippen LogP contribution is 2.26. The summed E-state index contributed by atoms with van der Waals surface area (Å²) in [5.74, 6) is -1.32. The molecule has 0 unspecified atom stereocenters. The molecule has 2 aromatic rings. The monoisotopic (exact) mass is 297 g/mol. The summed E-state index contributed by atoms with van der Waals surface area (Å²) >= 11 is 0. The van der Waals surface area contributed by atoms with Gasteiger partial charge in [-0.05, 0) is 35.4 Å². The molecule has 0 atom stereocenters. The first kappa shape index (κ1) is 14.8. The van der Waals surface area contributed by atoms with Gasteiger partial charge in [0.2, 0.25) is 0 Å². The van der Waals surface area contributed by atoms with Crippen molar-refractivity contribution in [2.24, 2.45) is 0 Å². The number of carboxylic acids is 1. The smallest absolute Gasteiger partial charge is 0.481 e. The van der Waals surface area contributed by atoms with Crippen LogP contribution in [0.2, 0.25) is 0 Å². The summed E-state index contributed by atoms with van der Waals surface area (Å²) in [6.07, 6.45) is -3.50. The summed E-state index contributed by atoms with van der Waals surface area (Å²) in [5.41, 5.74) is 1.67. The number of hydrogen-bond acceptors (Lipinski definition) is 3. The van der Waals surface area contributed by atoms with Gasteiger partial charge in [0.05, 0.1) is 12.1 Å². The van der Waals surface area contributed by atoms with E-state index >= 15 is 0 Å². The van der Waals surface area contributed by atoms with Crippen molar-refractivity contribution in [2.75, 3.05) is 0 Å². The molecule has 0 fully saturated rings. The van der Waals surface area contributed by atoms with Gasteiger partial charge in [0.25, 0.3) is 0 Å². The number of pyridine rings is 1. The van der Waals surface area contributed by atoms with Gasteiger partial charge in [-0.3, -0.25) is 9.78 Å². The fraction of sp³-hybridized carbons (Fsp3) is 0.143. The van der Waals surface area contributed by atoms with Gasteiger partial charge in [0.15, 0.2) is 0 Å². The molecule has 1 N–H and O–H groups in total. The molecule has 1 aromatic heterocycles. The zero-order valence-electron chi connectivity index (χ0n) is 10.6. The fourth-order valence-corrected chi connectivity index (χ4v) is 1.76. The number of aliphatic carboxylic acids is 1. The Bertz CT molecular complexity index is 639. The minimum Gasteiger partial charge on any atom is -0.481 e. The Labute approximate surface area is 117 Å². The molecule has 1 heterocycles. The molecule has 1 aromatic carbocycles. The van der Waals surface area contributed by atoms with Gasteiger partial charge in [-0.1, -0.05) is 12.1 Å². The number of benzene rings is 1. The second-order valence-electron chi connectivity index (χ2n) is 4.18. The zero-order chi connectivity index (χ0) is 15.5. The van der Waals surface area contributed by atoms with Crippen LogP contribution in [0.1, 0.15) is 5.69 Å². The molecule has 0 aliphatic heterocycles. The summed E-state index contributed by atoms with van der Waals surface area (Å²) in [4.78, 5) is 14.5. The number of carbonyl (C=O) groups is 1. The average molecular weight is 297 g/mol. The molecule has 0 aliphatic rings. The van der Waals surface area contributed by atoms with E-state index in [-0.39, 0.29) is 12.2 Å². The van der Waals surface area contributed by atoms with Crippen molar-refractivity contribution in [1.82, 2.24) is 4.98 Å². The van der Waals surface area contributed by atoms with Crippen LogP contribution in [-0.2, 0) is 11.2 Å². The van der Waals surface area contributed by atoms with Crippen molar-refractivity contribution < 1.29 is 27.8 Å². The highest BCUT2D eigenvalue weighted by Gasteiger charge is 2.30. The van der Waals surface area contributed by atoms with Gasteiger partial charge in [-0.15, -0.1) is 13.2 Å². The fourth-order valence-electron chi connectivity index (χ4n) is 1.76. The van der Waals surface area contributed by atoms with Crippen LogP contribution < -0.4 is 4.74 Å². The van der Waals surface area contributed by atoms with Crippen LogP contribution in [0, 0.1) is 0 Å². The van der Waals surface area contributed by atoms with Crippen LogP contribution in [0.25, 0.3) is 11.1 Å². The van der Waals surface area contributed by atoms with E-state index in [4.69, 9.17) is 5.11 Å². The van der Waals surface area contributed by atoms with Crippen LogP contribution in [0.5, 0.6) is 5.75 Å². The van der Waals surface area contributed by atoms with E-state index in [1.165, 1.54) is 30.5 Å². The Hall–Kier alpha value is -2.57. The van der Waals surface area contributed by atoms with Crippen molar-refractivity contribution in [3.05, 3.63) is 48.3 Å². The van der Waals surface area contributed by atoms with E-state index in [1.807, 2.05) is 0 Å². The lowest BCUT2D eigenvalue weighted by atomic mass is 10.1. The molecular weight excluding hydrogens is 287 g/mol. The maximum absolute atomic E-state index is 12.1. The van der Waals surface area contributed by atoms with E-state index in [0.717, 1.165) is 0 Å². The number of alkyl halides is 3. The predicted molar refractivity (Wildman–Crippen MR) is 67.7 cm³/mol.